The summed E-state index contributed by atoms with van der Waals surface area (Å²) in [7, 11) is 0. The molecule has 3 N–H and O–H groups in total. The van der Waals surface area contributed by atoms with Crippen LogP contribution in [0.25, 0.3) is 0 Å². The highest BCUT2D eigenvalue weighted by Crippen LogP contribution is 2.21. The van der Waals surface area contributed by atoms with Crippen LogP contribution < -0.4 is 11.1 Å². The number of aryl methyl sites for hydroxylation is 1. The van der Waals surface area contributed by atoms with Gasteiger partial charge in [-0.3, -0.25) is 4.79 Å². The molecule has 3 nitrogen and oxygen atoms in total. The number of fused-ring (bicyclic) bond motifs is 1. The summed E-state index contributed by atoms with van der Waals surface area (Å²) in [6, 6.07) is 18.1. The van der Waals surface area contributed by atoms with Crippen molar-refractivity contribution in [1.29, 1.82) is 0 Å². The van der Waals surface area contributed by atoms with Crippen molar-refractivity contribution in [1.82, 2.24) is 5.32 Å². The van der Waals surface area contributed by atoms with Gasteiger partial charge in [-0.15, -0.1) is 0 Å². The van der Waals surface area contributed by atoms with Gasteiger partial charge in [0.25, 0.3) is 0 Å². The average molecular weight is 294 g/mol. The first-order valence-electron chi connectivity index (χ1n) is 7.89. The van der Waals surface area contributed by atoms with Crippen molar-refractivity contribution in [3.05, 3.63) is 71.3 Å². The Kier molecular flexibility index (Phi) is 4.54. The molecule has 0 bridgehead atoms. The molecular weight excluding hydrogens is 272 g/mol. The van der Waals surface area contributed by atoms with Gasteiger partial charge in [-0.2, -0.15) is 0 Å². The Morgan fingerprint density at radius 3 is 2.55 bits per heavy atom. The molecule has 1 aliphatic carbocycles. The third-order valence-corrected chi connectivity index (χ3v) is 4.33. The molecule has 3 rings (SSSR count). The monoisotopic (exact) mass is 294 g/mol. The van der Waals surface area contributed by atoms with Gasteiger partial charge in [0, 0.05) is 6.04 Å². The smallest absolute Gasteiger partial charge is 0.237 e. The summed E-state index contributed by atoms with van der Waals surface area (Å²) in [6.07, 6.45) is 3.49. The average Bonchev–Trinajstić information content (AvgIpc) is 2.55. The molecule has 0 radical (unpaired) electrons. The molecule has 2 unspecified atom stereocenters. The van der Waals surface area contributed by atoms with Gasteiger partial charge < -0.3 is 11.1 Å². The van der Waals surface area contributed by atoms with E-state index in [-0.39, 0.29) is 11.9 Å². The van der Waals surface area contributed by atoms with E-state index in [9.17, 15) is 4.79 Å². The van der Waals surface area contributed by atoms with Crippen molar-refractivity contribution >= 4 is 5.91 Å². The lowest BCUT2D eigenvalue weighted by Crippen LogP contribution is -2.48. The van der Waals surface area contributed by atoms with Gasteiger partial charge in [0.1, 0.15) is 0 Å². The van der Waals surface area contributed by atoms with Crippen LogP contribution in [-0.2, 0) is 24.1 Å². The van der Waals surface area contributed by atoms with Crippen molar-refractivity contribution in [2.45, 2.75) is 37.8 Å². The van der Waals surface area contributed by atoms with E-state index >= 15 is 0 Å². The Morgan fingerprint density at radius 2 is 1.77 bits per heavy atom. The van der Waals surface area contributed by atoms with Crippen molar-refractivity contribution in [3.8, 4) is 0 Å². The van der Waals surface area contributed by atoms with E-state index in [4.69, 9.17) is 5.73 Å². The van der Waals surface area contributed by atoms with Crippen LogP contribution in [0, 0.1) is 0 Å². The molecule has 0 saturated heterocycles. The maximum atomic E-state index is 12.3. The Balaban J connectivity index is 1.56. The highest BCUT2D eigenvalue weighted by molar-refractivity contribution is 5.82. The molecule has 0 fully saturated rings. The number of nitrogens with two attached hydrogens (primary N) is 1. The zero-order valence-electron chi connectivity index (χ0n) is 12.7. The van der Waals surface area contributed by atoms with Crippen molar-refractivity contribution in [2.24, 2.45) is 5.73 Å². The van der Waals surface area contributed by atoms with Crippen LogP contribution in [0.5, 0.6) is 0 Å². The summed E-state index contributed by atoms with van der Waals surface area (Å²) in [4.78, 5) is 12.3. The van der Waals surface area contributed by atoms with Gasteiger partial charge >= 0.3 is 0 Å². The van der Waals surface area contributed by atoms with Gasteiger partial charge in [-0.25, -0.2) is 0 Å². The van der Waals surface area contributed by atoms with Crippen LogP contribution in [0.3, 0.4) is 0 Å². The number of nitrogens with one attached hydrogen (secondary N) is 1. The van der Waals surface area contributed by atoms with Gasteiger partial charge in [-0.05, 0) is 42.4 Å². The summed E-state index contributed by atoms with van der Waals surface area (Å²) in [6.45, 7) is 0. The summed E-state index contributed by atoms with van der Waals surface area (Å²) in [5, 5.41) is 3.12. The SMILES string of the molecule is NC(Cc1ccccc1)C(=O)NC1CCc2ccccc2C1. The van der Waals surface area contributed by atoms with Crippen LogP contribution in [0.15, 0.2) is 54.6 Å². The molecule has 2 atom stereocenters. The van der Waals surface area contributed by atoms with Crippen LogP contribution in [0.4, 0.5) is 0 Å². The van der Waals surface area contributed by atoms with E-state index in [1.165, 1.54) is 11.1 Å². The fourth-order valence-corrected chi connectivity index (χ4v) is 3.09. The molecule has 3 heteroatoms. The first-order valence-corrected chi connectivity index (χ1v) is 7.89. The number of carbonyl (C=O) groups is 1. The highest BCUT2D eigenvalue weighted by atomic mass is 16.2. The fourth-order valence-electron chi connectivity index (χ4n) is 3.09. The standard InChI is InChI=1S/C19H22N2O/c20-18(12-14-6-2-1-3-7-14)19(22)21-17-11-10-15-8-4-5-9-16(15)13-17/h1-9,17-18H,10-13,20H2,(H,21,22). The number of carbonyl (C=O) groups excluding carboxylic acids is 1. The zero-order valence-corrected chi connectivity index (χ0v) is 12.7. The summed E-state index contributed by atoms with van der Waals surface area (Å²) < 4.78 is 0. The third kappa shape index (κ3) is 3.55. The molecule has 0 heterocycles. The van der Waals surface area contributed by atoms with Gasteiger partial charge in [0.15, 0.2) is 0 Å². The predicted octanol–water partition coefficient (Wildman–Crippen LogP) is 2.23. The second-order valence-electron chi connectivity index (χ2n) is 6.01. The van der Waals surface area contributed by atoms with Gasteiger partial charge in [0.2, 0.25) is 5.91 Å². The molecule has 0 saturated carbocycles. The number of rotatable bonds is 4. The molecule has 114 valence electrons. The third-order valence-electron chi connectivity index (χ3n) is 4.33. The quantitative estimate of drug-likeness (QED) is 0.908. The molecule has 22 heavy (non-hydrogen) atoms. The molecule has 1 aliphatic rings. The molecule has 2 aromatic rings. The Bertz CT molecular complexity index is 639. The van der Waals surface area contributed by atoms with Crippen LogP contribution in [0.1, 0.15) is 23.1 Å². The molecular formula is C19H22N2O. The van der Waals surface area contributed by atoms with Crippen molar-refractivity contribution in [2.75, 3.05) is 0 Å². The molecule has 2 aromatic carbocycles. The Hall–Kier alpha value is -2.13. The number of hydrogen-bond acceptors (Lipinski definition) is 2. The van der Waals surface area contributed by atoms with E-state index in [2.05, 4.69) is 29.6 Å². The maximum Gasteiger partial charge on any atom is 0.237 e. The molecule has 0 aliphatic heterocycles. The van der Waals surface area contributed by atoms with E-state index in [1.54, 1.807) is 0 Å². The topological polar surface area (TPSA) is 55.1 Å². The predicted molar refractivity (Wildman–Crippen MR) is 88.5 cm³/mol. The minimum atomic E-state index is -0.487. The Labute approximate surface area is 131 Å². The highest BCUT2D eigenvalue weighted by Gasteiger charge is 2.22. The van der Waals surface area contributed by atoms with Gasteiger partial charge in [0.05, 0.1) is 6.04 Å². The second kappa shape index (κ2) is 6.75. The van der Waals surface area contributed by atoms with E-state index in [1.807, 2.05) is 30.3 Å². The summed E-state index contributed by atoms with van der Waals surface area (Å²) >= 11 is 0. The van der Waals surface area contributed by atoms with E-state index in [0.717, 1.165) is 24.8 Å². The van der Waals surface area contributed by atoms with E-state index < -0.39 is 6.04 Å². The largest absolute Gasteiger partial charge is 0.352 e. The van der Waals surface area contributed by atoms with Crippen LogP contribution in [0.2, 0.25) is 0 Å². The van der Waals surface area contributed by atoms with Crippen molar-refractivity contribution in [3.63, 3.8) is 0 Å². The lowest BCUT2D eigenvalue weighted by molar-refractivity contribution is -0.123. The number of benzene rings is 2. The first-order chi connectivity index (χ1) is 10.7. The summed E-state index contributed by atoms with van der Waals surface area (Å²) in [5.74, 6) is -0.0479. The number of hydrogen-bond donors (Lipinski definition) is 2. The zero-order chi connectivity index (χ0) is 15.4. The lowest BCUT2D eigenvalue weighted by atomic mass is 9.88. The molecule has 1 amide bonds. The molecule has 0 aromatic heterocycles. The minimum absolute atomic E-state index is 0.0479. The van der Waals surface area contributed by atoms with Gasteiger partial charge in [-0.1, -0.05) is 54.6 Å². The van der Waals surface area contributed by atoms with Crippen LogP contribution in [-0.4, -0.2) is 18.0 Å². The lowest BCUT2D eigenvalue weighted by Gasteiger charge is -2.26. The second-order valence-corrected chi connectivity index (χ2v) is 6.01. The molecule has 0 spiro atoms. The van der Waals surface area contributed by atoms with E-state index in [0.29, 0.717) is 6.42 Å². The fraction of sp³-hybridized carbons (Fsp3) is 0.316. The van der Waals surface area contributed by atoms with Crippen LogP contribution >= 0.6 is 0 Å². The normalized spacial score (nSPS) is 18.3. The number of amides is 1. The minimum Gasteiger partial charge on any atom is -0.352 e. The maximum absolute atomic E-state index is 12.3. The Morgan fingerprint density at radius 1 is 1.09 bits per heavy atom. The first kappa shape index (κ1) is 14.8. The van der Waals surface area contributed by atoms with Crippen molar-refractivity contribution < 1.29 is 4.79 Å². The summed E-state index contributed by atoms with van der Waals surface area (Å²) in [5.41, 5.74) is 9.89.